The van der Waals surface area contributed by atoms with Crippen molar-refractivity contribution in [2.45, 2.75) is 45.7 Å². The monoisotopic (exact) mass is 373 g/mol. The molecule has 2 aliphatic rings. The van der Waals surface area contributed by atoms with Gasteiger partial charge in [0.1, 0.15) is 8.07 Å². The molecule has 2 aromatic carbocycles. The summed E-state index contributed by atoms with van der Waals surface area (Å²) in [5, 5.41) is 3.48. The molecule has 0 saturated carbocycles. The summed E-state index contributed by atoms with van der Waals surface area (Å²) in [5.74, 6) is 0. The van der Waals surface area contributed by atoms with Crippen LogP contribution in [0.15, 0.2) is 71.9 Å². The first-order chi connectivity index (χ1) is 13.3. The molecule has 2 heteroatoms. The molecule has 0 bridgehead atoms. The molecule has 1 nitrogen and oxygen atoms in total. The second-order valence-electron chi connectivity index (χ2n) is 7.77. The highest BCUT2D eigenvalue weighted by Gasteiger charge is 2.53. The molecule has 0 N–H and O–H groups in total. The summed E-state index contributed by atoms with van der Waals surface area (Å²) < 4.78 is 0. The number of likely N-dealkylation sites (N-methyl/N-ethyl adjacent to an activating group) is 1. The van der Waals surface area contributed by atoms with Crippen LogP contribution in [0.3, 0.4) is 0 Å². The highest BCUT2D eigenvalue weighted by atomic mass is 28.3. The predicted molar refractivity (Wildman–Crippen MR) is 120 cm³/mol. The van der Waals surface area contributed by atoms with Gasteiger partial charge < -0.3 is 4.90 Å². The zero-order chi connectivity index (χ0) is 18.9. The lowest BCUT2D eigenvalue weighted by Gasteiger charge is -2.42. The van der Waals surface area contributed by atoms with Gasteiger partial charge in [-0.1, -0.05) is 74.0 Å². The predicted octanol–water partition coefficient (Wildman–Crippen LogP) is 6.55. The van der Waals surface area contributed by atoms with Gasteiger partial charge in [-0.3, -0.25) is 0 Å². The molecule has 4 rings (SSSR count). The number of nitrogens with zero attached hydrogens (tertiary/aromatic N) is 1. The van der Waals surface area contributed by atoms with Gasteiger partial charge in [-0.2, -0.15) is 0 Å². The van der Waals surface area contributed by atoms with Crippen LogP contribution >= 0.6 is 0 Å². The maximum absolute atomic E-state index is 2.63. The largest absolute Gasteiger partial charge is 0.372 e. The molecular weight excluding hydrogens is 342 g/mol. The molecule has 140 valence electrons. The molecule has 2 aromatic rings. The molecule has 27 heavy (non-hydrogen) atoms. The molecule has 2 aliphatic heterocycles. The van der Waals surface area contributed by atoms with Crippen molar-refractivity contribution in [2.24, 2.45) is 0 Å². The van der Waals surface area contributed by atoms with E-state index in [4.69, 9.17) is 0 Å². The van der Waals surface area contributed by atoms with Crippen molar-refractivity contribution in [2.75, 3.05) is 13.1 Å². The third-order valence-corrected chi connectivity index (χ3v) is 12.0. The number of allylic oxidation sites excluding steroid dienone is 1. The van der Waals surface area contributed by atoms with Gasteiger partial charge in [0.15, 0.2) is 0 Å². The summed E-state index contributed by atoms with van der Waals surface area (Å²) in [4.78, 5) is 2.63. The van der Waals surface area contributed by atoms with Gasteiger partial charge in [0.25, 0.3) is 0 Å². The molecule has 0 aliphatic carbocycles. The fourth-order valence-electron chi connectivity index (χ4n) is 5.25. The topological polar surface area (TPSA) is 3.24 Å². The van der Waals surface area contributed by atoms with Crippen LogP contribution in [0.4, 0.5) is 0 Å². The molecule has 0 atom stereocenters. The van der Waals surface area contributed by atoms with Crippen molar-refractivity contribution in [3.05, 3.63) is 83.1 Å². The van der Waals surface area contributed by atoms with Crippen molar-refractivity contribution in [1.82, 2.24) is 4.90 Å². The Bertz CT molecular complexity index is 856. The zero-order valence-corrected chi connectivity index (χ0v) is 18.0. The van der Waals surface area contributed by atoms with E-state index in [1.54, 1.807) is 21.7 Å². The van der Waals surface area contributed by atoms with Gasteiger partial charge in [-0.25, -0.2) is 0 Å². The summed E-state index contributed by atoms with van der Waals surface area (Å²) >= 11 is 0. The highest BCUT2D eigenvalue weighted by molar-refractivity contribution is 7.13. The number of rotatable bonds is 6. The Kier molecular flexibility index (Phi) is 5.10. The van der Waals surface area contributed by atoms with Crippen LogP contribution in [0.25, 0.3) is 10.4 Å². The molecule has 1 spiro atoms. The van der Waals surface area contributed by atoms with Crippen LogP contribution in [0, 0.1) is 0 Å². The zero-order valence-electron chi connectivity index (χ0n) is 17.0. The van der Waals surface area contributed by atoms with E-state index in [1.807, 2.05) is 0 Å². The minimum Gasteiger partial charge on any atom is -0.372 e. The van der Waals surface area contributed by atoms with E-state index >= 15 is 0 Å². The van der Waals surface area contributed by atoms with Crippen LogP contribution in [0.2, 0.25) is 12.1 Å². The van der Waals surface area contributed by atoms with E-state index in [2.05, 4.69) is 86.3 Å². The number of hydrogen-bond donors (Lipinski definition) is 0. The van der Waals surface area contributed by atoms with Crippen molar-refractivity contribution < 1.29 is 0 Å². The van der Waals surface area contributed by atoms with Gasteiger partial charge in [0, 0.05) is 18.8 Å². The van der Waals surface area contributed by atoms with Crippen molar-refractivity contribution >= 4 is 18.5 Å². The van der Waals surface area contributed by atoms with E-state index in [9.17, 15) is 0 Å². The van der Waals surface area contributed by atoms with Crippen LogP contribution < -0.4 is 0 Å². The maximum Gasteiger partial charge on any atom is 0.122 e. The van der Waals surface area contributed by atoms with Crippen LogP contribution in [-0.2, 0) is 0 Å². The summed E-state index contributed by atoms with van der Waals surface area (Å²) in [6, 6.07) is 25.4. The molecule has 0 radical (unpaired) electrons. The molecule has 0 amide bonds. The van der Waals surface area contributed by atoms with E-state index in [-0.39, 0.29) is 0 Å². The van der Waals surface area contributed by atoms with E-state index in [1.165, 1.54) is 29.6 Å². The average Bonchev–Trinajstić information content (AvgIpc) is 3.02. The van der Waals surface area contributed by atoms with Crippen molar-refractivity contribution in [3.63, 3.8) is 0 Å². The van der Waals surface area contributed by atoms with E-state index in [0.29, 0.717) is 0 Å². The smallest absolute Gasteiger partial charge is 0.122 e. The molecular formula is C25H31NSi. The molecule has 0 aromatic heterocycles. The van der Waals surface area contributed by atoms with Gasteiger partial charge >= 0.3 is 0 Å². The first kappa shape index (κ1) is 18.3. The second-order valence-corrected chi connectivity index (χ2v) is 11.9. The third kappa shape index (κ3) is 2.82. The van der Waals surface area contributed by atoms with Gasteiger partial charge in [-0.15, -0.1) is 0 Å². The summed E-state index contributed by atoms with van der Waals surface area (Å²) in [6.07, 6.45) is 2.52. The second kappa shape index (κ2) is 7.51. The lowest BCUT2D eigenvalue weighted by molar-refractivity contribution is 0.391. The van der Waals surface area contributed by atoms with Gasteiger partial charge in [-0.05, 0) is 59.4 Å². The summed E-state index contributed by atoms with van der Waals surface area (Å²) in [6.45, 7) is 9.14. The van der Waals surface area contributed by atoms with Gasteiger partial charge in [0.05, 0.1) is 0 Å². The van der Waals surface area contributed by atoms with Crippen LogP contribution in [0.1, 0.15) is 44.7 Å². The third-order valence-electron chi connectivity index (χ3n) is 6.55. The Balaban J connectivity index is 2.01. The van der Waals surface area contributed by atoms with Crippen LogP contribution in [-0.4, -0.2) is 26.1 Å². The van der Waals surface area contributed by atoms with Crippen molar-refractivity contribution in [1.29, 1.82) is 0 Å². The fraction of sp³-hybridized carbons (Fsp3) is 0.360. The standard InChI is InChI=1S/C25H31NSi/c1-4-22-23(26(5-2)6-3)25(21-16-11-8-12-17-21)27(18-13-19-27)24(22)20-14-9-7-10-15-20/h7-12,14-17H,4-6,13,18-19H2,1-3H3. The summed E-state index contributed by atoms with van der Waals surface area (Å²) in [5.41, 5.74) is 6.17. The lowest BCUT2D eigenvalue weighted by Crippen LogP contribution is -2.44. The fourth-order valence-corrected chi connectivity index (χ4v) is 10.6. The van der Waals surface area contributed by atoms with Gasteiger partial charge in [0.2, 0.25) is 0 Å². The normalized spacial score (nSPS) is 18.2. The molecule has 1 saturated heterocycles. The van der Waals surface area contributed by atoms with Crippen molar-refractivity contribution in [3.8, 4) is 0 Å². The van der Waals surface area contributed by atoms with E-state index in [0.717, 1.165) is 19.5 Å². The molecule has 2 heterocycles. The Labute approximate surface area is 165 Å². The molecule has 0 unspecified atom stereocenters. The minimum absolute atomic E-state index is 1.08. The lowest BCUT2D eigenvalue weighted by atomic mass is 10.0. The first-order valence-corrected chi connectivity index (χ1v) is 13.0. The Hall–Kier alpha value is -2.06. The first-order valence-electron chi connectivity index (χ1n) is 10.6. The number of benzene rings is 2. The molecule has 1 fully saturated rings. The number of hydrogen-bond acceptors (Lipinski definition) is 1. The average molecular weight is 374 g/mol. The minimum atomic E-state index is -1.65. The summed E-state index contributed by atoms with van der Waals surface area (Å²) in [7, 11) is -1.65. The quantitative estimate of drug-likeness (QED) is 0.519. The Morgan fingerprint density at radius 3 is 1.67 bits per heavy atom. The van der Waals surface area contributed by atoms with E-state index < -0.39 is 8.07 Å². The maximum atomic E-state index is 2.63. The SMILES string of the molecule is CCC1=C(c2ccccc2)[Si]2(CCC2)C(c2ccccc2)=C1N(CC)CC. The highest BCUT2D eigenvalue weighted by Crippen LogP contribution is 2.59. The Morgan fingerprint density at radius 2 is 1.26 bits per heavy atom. The van der Waals surface area contributed by atoms with Crippen LogP contribution in [0.5, 0.6) is 0 Å². The Morgan fingerprint density at radius 1 is 0.741 bits per heavy atom.